The summed E-state index contributed by atoms with van der Waals surface area (Å²) < 4.78 is 29.8. The maximum Gasteiger partial charge on any atom is 0.410 e. The molecule has 1 aliphatic carbocycles. The van der Waals surface area contributed by atoms with Crippen LogP contribution in [0.25, 0.3) is 11.1 Å². The summed E-state index contributed by atoms with van der Waals surface area (Å²) in [4.78, 5) is 52.5. The zero-order chi connectivity index (χ0) is 31.8. The number of amides is 4. The molecule has 0 unspecified atom stereocenters. The highest BCUT2D eigenvalue weighted by Crippen LogP contribution is 2.50. The molecule has 2 aliphatic rings. The molecular weight excluding hydrogens is 612 g/mol. The van der Waals surface area contributed by atoms with Crippen molar-refractivity contribution in [3.8, 4) is 11.1 Å². The zero-order valence-corrected chi connectivity index (χ0v) is 25.3. The van der Waals surface area contributed by atoms with Gasteiger partial charge in [-0.15, -0.1) is 11.3 Å². The number of nitrogens with one attached hydrogen (secondary N) is 4. The topological polar surface area (TPSA) is 152 Å². The van der Waals surface area contributed by atoms with Gasteiger partial charge in [-0.1, -0.05) is 30.3 Å². The van der Waals surface area contributed by atoms with Gasteiger partial charge < -0.3 is 20.6 Å². The number of thiophene rings is 1. The molecule has 3 atom stereocenters. The first kappa shape index (κ1) is 31.1. The standard InChI is InChI=1S/C30H29F2N5O5S2/c1-15(24-10-17(14-44-24)26(33)36-29(41)42)35-28(40)23-11-18(43-2)13-37(23)25(38)12-34-27(39)16-7-8-22-20(9-16)19-5-3-4-6-21(19)30(22,31)32/h3-10,14-15,18,23H,11-13H2,1-2H3,(H2,33,36)(H,34,39)(H,35,40)(H,41,42)/t15-,18-,23+/m1/s1. The van der Waals surface area contributed by atoms with Crippen molar-refractivity contribution in [1.29, 1.82) is 5.41 Å². The lowest BCUT2D eigenvalue weighted by Gasteiger charge is -2.25. The summed E-state index contributed by atoms with van der Waals surface area (Å²) in [6, 6.07) is 10.5. The molecule has 230 valence electrons. The van der Waals surface area contributed by atoms with Crippen molar-refractivity contribution in [2.45, 2.75) is 36.6 Å². The lowest BCUT2D eigenvalue weighted by molar-refractivity contribution is -0.137. The van der Waals surface area contributed by atoms with Crippen molar-refractivity contribution in [3.05, 3.63) is 81.0 Å². The van der Waals surface area contributed by atoms with Gasteiger partial charge >= 0.3 is 6.09 Å². The van der Waals surface area contributed by atoms with Crippen molar-refractivity contribution in [3.63, 3.8) is 0 Å². The largest absolute Gasteiger partial charge is 0.465 e. The summed E-state index contributed by atoms with van der Waals surface area (Å²) in [5, 5.41) is 25.8. The van der Waals surface area contributed by atoms with E-state index in [2.05, 4.69) is 10.6 Å². The van der Waals surface area contributed by atoms with Crippen LogP contribution in [0.3, 0.4) is 0 Å². The Labute approximate surface area is 259 Å². The normalized spacial score (nSPS) is 18.6. The van der Waals surface area contributed by atoms with Crippen LogP contribution in [0.2, 0.25) is 0 Å². The molecular formula is C30H29F2N5O5S2. The number of carboxylic acid groups (broad SMARTS) is 1. The number of rotatable bonds is 8. The molecule has 44 heavy (non-hydrogen) atoms. The summed E-state index contributed by atoms with van der Waals surface area (Å²) in [6.45, 7) is 1.68. The molecule has 5 rings (SSSR count). The van der Waals surface area contributed by atoms with Crippen LogP contribution in [-0.2, 0) is 15.5 Å². The van der Waals surface area contributed by atoms with E-state index in [0.717, 1.165) is 0 Å². The number of halogens is 2. The number of hydrogen-bond donors (Lipinski definition) is 5. The van der Waals surface area contributed by atoms with Crippen LogP contribution in [0.5, 0.6) is 0 Å². The van der Waals surface area contributed by atoms with Gasteiger partial charge in [-0.05, 0) is 48.9 Å². The first-order valence-electron chi connectivity index (χ1n) is 13.6. The molecule has 4 amide bonds. The Morgan fingerprint density at radius 1 is 1.11 bits per heavy atom. The minimum absolute atomic E-state index is 0.00932. The maximum atomic E-state index is 14.9. The lowest BCUT2D eigenvalue weighted by atomic mass is 10.0. The van der Waals surface area contributed by atoms with Gasteiger partial charge in [0.1, 0.15) is 11.9 Å². The van der Waals surface area contributed by atoms with E-state index in [1.165, 1.54) is 52.3 Å². The van der Waals surface area contributed by atoms with Gasteiger partial charge in [0, 0.05) is 44.3 Å². The minimum Gasteiger partial charge on any atom is -0.465 e. The Morgan fingerprint density at radius 3 is 2.57 bits per heavy atom. The monoisotopic (exact) mass is 641 g/mol. The van der Waals surface area contributed by atoms with Crippen molar-refractivity contribution < 1.29 is 33.1 Å². The Balaban J connectivity index is 1.23. The van der Waals surface area contributed by atoms with Crippen LogP contribution in [0.15, 0.2) is 53.9 Å². The molecule has 10 nitrogen and oxygen atoms in total. The zero-order valence-electron chi connectivity index (χ0n) is 23.6. The van der Waals surface area contributed by atoms with Crippen molar-refractivity contribution >= 4 is 52.7 Å². The van der Waals surface area contributed by atoms with Crippen LogP contribution >= 0.6 is 23.1 Å². The number of nitrogens with zero attached hydrogens (tertiary/aromatic N) is 1. The van der Waals surface area contributed by atoms with Gasteiger partial charge in [0.25, 0.3) is 11.8 Å². The maximum absolute atomic E-state index is 14.9. The van der Waals surface area contributed by atoms with Gasteiger partial charge in [-0.2, -0.15) is 20.5 Å². The fraction of sp³-hybridized carbons (Fsp3) is 0.300. The van der Waals surface area contributed by atoms with E-state index in [1.807, 2.05) is 11.6 Å². The molecule has 3 aromatic rings. The number of likely N-dealkylation sites (tertiary alicyclic amines) is 1. The van der Waals surface area contributed by atoms with Crippen molar-refractivity contribution in [2.24, 2.45) is 0 Å². The molecule has 0 spiro atoms. The van der Waals surface area contributed by atoms with Crippen LogP contribution in [0, 0.1) is 5.41 Å². The second-order valence-electron chi connectivity index (χ2n) is 10.5. The Morgan fingerprint density at radius 2 is 1.84 bits per heavy atom. The predicted octanol–water partition coefficient (Wildman–Crippen LogP) is 4.40. The third kappa shape index (κ3) is 6.04. The predicted molar refractivity (Wildman–Crippen MR) is 163 cm³/mol. The molecule has 0 radical (unpaired) electrons. The number of benzene rings is 2. The average molecular weight is 642 g/mol. The number of carbonyl (C=O) groups excluding carboxylic acids is 3. The van der Waals surface area contributed by atoms with Gasteiger partial charge in [-0.3, -0.25) is 25.1 Å². The van der Waals surface area contributed by atoms with E-state index >= 15 is 0 Å². The molecule has 0 bridgehead atoms. The fourth-order valence-corrected chi connectivity index (χ4v) is 7.03. The van der Waals surface area contributed by atoms with Gasteiger partial charge in [0.2, 0.25) is 11.8 Å². The van der Waals surface area contributed by atoms with Gasteiger partial charge in [-0.25, -0.2) is 4.79 Å². The smallest absolute Gasteiger partial charge is 0.410 e. The summed E-state index contributed by atoms with van der Waals surface area (Å²) in [5.41, 5.74) is 0.834. The fourth-order valence-electron chi connectivity index (χ4n) is 5.44. The highest BCUT2D eigenvalue weighted by molar-refractivity contribution is 7.99. The van der Waals surface area contributed by atoms with E-state index in [4.69, 9.17) is 10.5 Å². The Kier molecular flexibility index (Phi) is 8.75. The molecule has 5 N–H and O–H groups in total. The summed E-state index contributed by atoms with van der Waals surface area (Å²) >= 11 is 2.79. The van der Waals surface area contributed by atoms with Crippen LogP contribution in [-0.4, -0.2) is 70.3 Å². The first-order valence-corrected chi connectivity index (χ1v) is 15.8. The van der Waals surface area contributed by atoms with E-state index in [0.29, 0.717) is 29.0 Å². The quantitative estimate of drug-likeness (QED) is 0.182. The second kappa shape index (κ2) is 12.4. The first-order chi connectivity index (χ1) is 20.9. The molecule has 2 heterocycles. The van der Waals surface area contributed by atoms with Crippen molar-refractivity contribution in [2.75, 3.05) is 19.3 Å². The average Bonchev–Trinajstić information content (AvgIpc) is 3.72. The van der Waals surface area contributed by atoms with E-state index in [-0.39, 0.29) is 45.8 Å². The highest BCUT2D eigenvalue weighted by Gasteiger charge is 2.44. The number of fused-ring (bicyclic) bond motifs is 3. The Bertz CT molecular complexity index is 1660. The second-order valence-corrected chi connectivity index (χ2v) is 12.6. The summed E-state index contributed by atoms with van der Waals surface area (Å²) in [6.07, 6.45) is 0.957. The van der Waals surface area contributed by atoms with Crippen LogP contribution < -0.4 is 16.0 Å². The molecule has 2 aromatic carbocycles. The molecule has 1 saturated heterocycles. The number of amidine groups is 1. The minimum atomic E-state index is -3.17. The number of thioether (sulfide) groups is 1. The molecule has 1 fully saturated rings. The summed E-state index contributed by atoms with van der Waals surface area (Å²) in [7, 11) is 0. The number of hydrogen-bond acceptors (Lipinski definition) is 7. The molecule has 1 aliphatic heterocycles. The number of alkyl halides is 2. The number of carbonyl (C=O) groups is 4. The van der Waals surface area contributed by atoms with E-state index < -0.39 is 35.9 Å². The lowest BCUT2D eigenvalue weighted by Crippen LogP contribution is -2.49. The SMILES string of the molecule is CS[C@@H]1C[C@@H](C(=O)N[C@H](C)c2cc(C(=N)NC(=O)O)cs2)N(C(=O)CNC(=O)c2ccc3c(c2)-c2ccccc2C3(F)F)C1. The van der Waals surface area contributed by atoms with Crippen LogP contribution in [0.4, 0.5) is 13.6 Å². The summed E-state index contributed by atoms with van der Waals surface area (Å²) in [5.74, 6) is -4.87. The Hall–Kier alpha value is -4.30. The molecule has 0 saturated carbocycles. The van der Waals surface area contributed by atoms with Crippen LogP contribution in [0.1, 0.15) is 51.3 Å². The van der Waals surface area contributed by atoms with Crippen molar-refractivity contribution in [1.82, 2.24) is 20.9 Å². The van der Waals surface area contributed by atoms with E-state index in [9.17, 15) is 28.0 Å². The molecule has 14 heteroatoms. The van der Waals surface area contributed by atoms with Gasteiger partial charge in [0.05, 0.1) is 12.6 Å². The third-order valence-electron chi connectivity index (χ3n) is 7.72. The van der Waals surface area contributed by atoms with Gasteiger partial charge in [0.15, 0.2) is 0 Å². The third-order valence-corrected chi connectivity index (χ3v) is 9.84. The van der Waals surface area contributed by atoms with E-state index in [1.54, 1.807) is 36.6 Å². The highest BCUT2D eigenvalue weighted by atomic mass is 32.2. The molecule has 1 aromatic heterocycles.